The first-order chi connectivity index (χ1) is 13.7. The third-order valence-corrected chi connectivity index (χ3v) is 6.36. The Morgan fingerprint density at radius 2 is 2.04 bits per heavy atom. The molecule has 3 aromatic heterocycles. The van der Waals surface area contributed by atoms with Gasteiger partial charge in [-0.05, 0) is 30.5 Å². The number of thiophene rings is 2. The number of hydrogen-bond acceptors (Lipinski definition) is 7. The van der Waals surface area contributed by atoms with Gasteiger partial charge in [0.2, 0.25) is 0 Å². The Morgan fingerprint density at radius 3 is 2.86 bits per heavy atom. The summed E-state index contributed by atoms with van der Waals surface area (Å²) in [6.07, 6.45) is 0. The maximum atomic E-state index is 12.8. The predicted molar refractivity (Wildman–Crippen MR) is 113 cm³/mol. The van der Waals surface area contributed by atoms with Gasteiger partial charge in [-0.2, -0.15) is 0 Å². The van der Waals surface area contributed by atoms with Crippen LogP contribution in [0.2, 0.25) is 0 Å². The van der Waals surface area contributed by atoms with Gasteiger partial charge < -0.3 is 19.8 Å². The van der Waals surface area contributed by atoms with Gasteiger partial charge in [-0.15, -0.1) is 22.7 Å². The summed E-state index contributed by atoms with van der Waals surface area (Å²) >= 11 is 3.11. The van der Waals surface area contributed by atoms with Crippen molar-refractivity contribution in [3.8, 4) is 21.9 Å². The van der Waals surface area contributed by atoms with E-state index in [-0.39, 0.29) is 11.6 Å². The van der Waals surface area contributed by atoms with E-state index in [0.717, 1.165) is 32.5 Å². The molecule has 0 saturated carbocycles. The Bertz CT molecular complexity index is 1200. The Hall–Kier alpha value is -2.84. The summed E-state index contributed by atoms with van der Waals surface area (Å²) < 4.78 is 11.2. The molecule has 8 heteroatoms. The lowest BCUT2D eigenvalue weighted by atomic mass is 10.2. The molecule has 0 amide bonds. The van der Waals surface area contributed by atoms with Gasteiger partial charge in [0.25, 0.3) is 5.56 Å². The van der Waals surface area contributed by atoms with Gasteiger partial charge in [0.15, 0.2) is 11.5 Å². The number of fused-ring (bicyclic) bond motifs is 2. The highest BCUT2D eigenvalue weighted by Crippen LogP contribution is 2.35. The minimum atomic E-state index is -0.174. The molecule has 142 valence electrons. The number of anilines is 1. The molecule has 0 saturated heterocycles. The molecule has 1 aromatic carbocycles. The fourth-order valence-corrected chi connectivity index (χ4v) is 5.00. The minimum Gasteiger partial charge on any atom is -0.486 e. The molecule has 0 unspecified atom stereocenters. The molecule has 28 heavy (non-hydrogen) atoms. The van der Waals surface area contributed by atoms with Crippen LogP contribution in [0.5, 0.6) is 11.5 Å². The Balaban J connectivity index is 1.45. The summed E-state index contributed by atoms with van der Waals surface area (Å²) in [4.78, 5) is 22.2. The van der Waals surface area contributed by atoms with Crippen LogP contribution in [0.1, 0.15) is 18.8 Å². The van der Waals surface area contributed by atoms with E-state index in [4.69, 9.17) is 14.5 Å². The van der Waals surface area contributed by atoms with Crippen molar-refractivity contribution in [2.24, 2.45) is 0 Å². The van der Waals surface area contributed by atoms with Gasteiger partial charge in [-0.1, -0.05) is 6.07 Å². The van der Waals surface area contributed by atoms with Crippen LogP contribution in [0.3, 0.4) is 0 Å². The lowest BCUT2D eigenvalue weighted by molar-refractivity contribution is 0.171. The van der Waals surface area contributed by atoms with E-state index in [1.165, 1.54) is 11.3 Å². The molecular formula is C20H17N3O3S2. The maximum Gasteiger partial charge on any atom is 0.260 e. The van der Waals surface area contributed by atoms with Crippen LogP contribution in [0.25, 0.3) is 20.7 Å². The van der Waals surface area contributed by atoms with Crippen LogP contribution >= 0.6 is 22.7 Å². The maximum absolute atomic E-state index is 12.8. The summed E-state index contributed by atoms with van der Waals surface area (Å²) in [5.41, 5.74) is 1.72. The highest BCUT2D eigenvalue weighted by atomic mass is 32.1. The van der Waals surface area contributed by atoms with Crippen LogP contribution in [0, 0.1) is 0 Å². The van der Waals surface area contributed by atoms with Crippen molar-refractivity contribution in [1.82, 2.24) is 9.97 Å². The third kappa shape index (κ3) is 3.04. The van der Waals surface area contributed by atoms with Gasteiger partial charge in [0.05, 0.1) is 11.4 Å². The van der Waals surface area contributed by atoms with Crippen molar-refractivity contribution in [1.29, 1.82) is 0 Å². The topological polar surface area (TPSA) is 76.2 Å². The number of aromatic nitrogens is 2. The lowest BCUT2D eigenvalue weighted by Gasteiger charge is -2.20. The zero-order valence-corrected chi connectivity index (χ0v) is 16.7. The molecule has 0 aliphatic carbocycles. The van der Waals surface area contributed by atoms with Gasteiger partial charge >= 0.3 is 0 Å². The predicted octanol–water partition coefficient (Wildman–Crippen LogP) is 4.66. The smallest absolute Gasteiger partial charge is 0.260 e. The van der Waals surface area contributed by atoms with E-state index in [1.807, 2.05) is 48.0 Å². The Kier molecular flexibility index (Phi) is 4.29. The first-order valence-electron chi connectivity index (χ1n) is 8.90. The van der Waals surface area contributed by atoms with Crippen LogP contribution in [0.4, 0.5) is 5.69 Å². The Morgan fingerprint density at radius 1 is 1.18 bits per heavy atom. The summed E-state index contributed by atoms with van der Waals surface area (Å²) in [6.45, 7) is 3.08. The number of benzene rings is 1. The van der Waals surface area contributed by atoms with Gasteiger partial charge in [-0.25, -0.2) is 4.98 Å². The first kappa shape index (κ1) is 17.3. The van der Waals surface area contributed by atoms with Crippen LogP contribution in [0.15, 0.2) is 45.9 Å². The second-order valence-electron chi connectivity index (χ2n) is 6.48. The van der Waals surface area contributed by atoms with Gasteiger partial charge in [-0.3, -0.25) is 4.79 Å². The van der Waals surface area contributed by atoms with E-state index in [1.54, 1.807) is 11.3 Å². The molecular weight excluding hydrogens is 394 g/mol. The fraction of sp³-hybridized carbons (Fsp3) is 0.200. The van der Waals surface area contributed by atoms with Crippen molar-refractivity contribution in [3.63, 3.8) is 0 Å². The number of ether oxygens (including phenoxy) is 2. The molecule has 2 N–H and O–H groups in total. The number of aromatic amines is 1. The minimum absolute atomic E-state index is 0.111. The Labute approximate surface area is 168 Å². The van der Waals surface area contributed by atoms with E-state index < -0.39 is 0 Å². The molecule has 0 fully saturated rings. The van der Waals surface area contributed by atoms with E-state index >= 15 is 0 Å². The summed E-state index contributed by atoms with van der Waals surface area (Å²) in [6, 6.07) is 9.55. The summed E-state index contributed by atoms with van der Waals surface area (Å²) in [5, 5.41) is 8.04. The summed E-state index contributed by atoms with van der Waals surface area (Å²) in [7, 11) is 0. The van der Waals surface area contributed by atoms with E-state index in [2.05, 4.69) is 10.3 Å². The SMILES string of the molecule is C[C@@H](Nc1ccc2c(c1)OCCO2)c1nc2scc(-c3cccs3)c2c(=O)[nH]1. The quantitative estimate of drug-likeness (QED) is 0.511. The second kappa shape index (κ2) is 6.96. The van der Waals surface area contributed by atoms with Crippen LogP contribution in [-0.4, -0.2) is 23.2 Å². The number of nitrogens with zero attached hydrogens (tertiary/aromatic N) is 1. The first-order valence-corrected chi connectivity index (χ1v) is 10.7. The van der Waals surface area contributed by atoms with Crippen LogP contribution < -0.4 is 20.3 Å². The molecule has 0 bridgehead atoms. The molecule has 5 rings (SSSR count). The van der Waals surface area contributed by atoms with Crippen LogP contribution in [-0.2, 0) is 0 Å². The largest absolute Gasteiger partial charge is 0.486 e. The molecule has 1 aliphatic rings. The van der Waals surface area contributed by atoms with Crippen molar-refractivity contribution in [2.75, 3.05) is 18.5 Å². The normalized spacial score (nSPS) is 14.2. The van der Waals surface area contributed by atoms with Crippen molar-refractivity contribution in [2.45, 2.75) is 13.0 Å². The number of hydrogen-bond donors (Lipinski definition) is 2. The number of rotatable bonds is 4. The second-order valence-corrected chi connectivity index (χ2v) is 8.29. The molecule has 1 aliphatic heterocycles. The lowest BCUT2D eigenvalue weighted by Crippen LogP contribution is -2.18. The average molecular weight is 412 g/mol. The molecule has 6 nitrogen and oxygen atoms in total. The zero-order valence-electron chi connectivity index (χ0n) is 15.0. The van der Waals surface area contributed by atoms with Crippen molar-refractivity contribution < 1.29 is 9.47 Å². The molecule has 4 aromatic rings. The van der Waals surface area contributed by atoms with E-state index in [0.29, 0.717) is 24.4 Å². The van der Waals surface area contributed by atoms with Gasteiger partial charge in [0, 0.05) is 27.6 Å². The van der Waals surface area contributed by atoms with Crippen molar-refractivity contribution in [3.05, 3.63) is 57.3 Å². The van der Waals surface area contributed by atoms with Crippen molar-refractivity contribution >= 4 is 38.6 Å². The highest BCUT2D eigenvalue weighted by molar-refractivity contribution is 7.18. The fourth-order valence-electron chi connectivity index (χ4n) is 3.24. The third-order valence-electron chi connectivity index (χ3n) is 4.58. The standard InChI is InChI=1S/C20H17N3O3S2/c1-11(21-12-4-5-14-15(9-12)26-7-6-25-14)18-22-19(24)17-13(10-28-20(17)23-18)16-3-2-8-27-16/h2-5,8-11,21H,6-7H2,1H3,(H,22,23,24)/t11-/m1/s1. The molecule has 4 heterocycles. The molecule has 0 spiro atoms. The highest BCUT2D eigenvalue weighted by Gasteiger charge is 2.17. The monoisotopic (exact) mass is 411 g/mol. The molecule has 1 atom stereocenters. The summed E-state index contributed by atoms with van der Waals surface area (Å²) in [5.74, 6) is 2.07. The number of H-pyrrole nitrogens is 1. The number of nitrogens with one attached hydrogen (secondary N) is 2. The zero-order chi connectivity index (χ0) is 19.1. The van der Waals surface area contributed by atoms with E-state index in [9.17, 15) is 4.79 Å². The molecule has 0 radical (unpaired) electrons. The average Bonchev–Trinajstić information content (AvgIpc) is 3.37. The van der Waals surface area contributed by atoms with Gasteiger partial charge in [0.1, 0.15) is 23.9 Å².